The molecule has 0 unspecified atom stereocenters. The quantitative estimate of drug-likeness (QED) is 0.428. The standard InChI is InChI=1S/C24H21F2N5O2/c1-3-18-20(26)21(29-24(27-18)30-22(32)15-7-5-4-6-8-15)14(2)13-19-28-23(33-31-19)16-9-11-17(25)12-10-16/h4-12,14H,3,13H2,1-2H3,(H,27,29,30,32)/t14-/m0/s1. The molecule has 0 aliphatic carbocycles. The maximum Gasteiger partial charge on any atom is 0.258 e. The summed E-state index contributed by atoms with van der Waals surface area (Å²) in [6, 6.07) is 14.3. The van der Waals surface area contributed by atoms with E-state index in [1.165, 1.54) is 24.3 Å². The summed E-state index contributed by atoms with van der Waals surface area (Å²) < 4.78 is 33.4. The molecule has 0 aliphatic rings. The number of nitrogens with one attached hydrogen (secondary N) is 1. The minimum Gasteiger partial charge on any atom is -0.334 e. The number of hydrogen-bond donors (Lipinski definition) is 1. The van der Waals surface area contributed by atoms with Crippen molar-refractivity contribution in [3.8, 4) is 11.5 Å². The number of aryl methyl sites for hydroxylation is 1. The lowest BCUT2D eigenvalue weighted by molar-refractivity contribution is 0.102. The van der Waals surface area contributed by atoms with Gasteiger partial charge in [0.2, 0.25) is 5.95 Å². The zero-order valence-electron chi connectivity index (χ0n) is 18.0. The van der Waals surface area contributed by atoms with E-state index < -0.39 is 11.7 Å². The van der Waals surface area contributed by atoms with Crippen molar-refractivity contribution in [1.82, 2.24) is 20.1 Å². The van der Waals surface area contributed by atoms with Crippen molar-refractivity contribution >= 4 is 11.9 Å². The van der Waals surface area contributed by atoms with Gasteiger partial charge in [-0.05, 0) is 42.8 Å². The Kier molecular flexibility index (Phi) is 6.48. The van der Waals surface area contributed by atoms with E-state index in [0.717, 1.165) is 0 Å². The first-order chi connectivity index (χ1) is 15.9. The maximum absolute atomic E-state index is 15.0. The van der Waals surface area contributed by atoms with E-state index in [0.29, 0.717) is 23.4 Å². The molecule has 4 aromatic rings. The van der Waals surface area contributed by atoms with E-state index in [1.807, 2.05) is 0 Å². The van der Waals surface area contributed by atoms with Gasteiger partial charge in [0.25, 0.3) is 11.8 Å². The molecule has 1 N–H and O–H groups in total. The number of carbonyl (C=O) groups excluding carboxylic acids is 1. The Morgan fingerprint density at radius 1 is 1.03 bits per heavy atom. The van der Waals surface area contributed by atoms with Crippen molar-refractivity contribution < 1.29 is 18.1 Å². The Balaban J connectivity index is 1.55. The molecule has 2 aromatic carbocycles. The van der Waals surface area contributed by atoms with Crippen molar-refractivity contribution in [3.63, 3.8) is 0 Å². The Hall–Kier alpha value is -4.01. The van der Waals surface area contributed by atoms with Crippen molar-refractivity contribution in [1.29, 1.82) is 0 Å². The summed E-state index contributed by atoms with van der Waals surface area (Å²) in [7, 11) is 0. The summed E-state index contributed by atoms with van der Waals surface area (Å²) in [6.07, 6.45) is 0.576. The Morgan fingerprint density at radius 3 is 2.45 bits per heavy atom. The van der Waals surface area contributed by atoms with E-state index in [2.05, 4.69) is 25.4 Å². The average Bonchev–Trinajstić information content (AvgIpc) is 3.29. The molecule has 0 bridgehead atoms. The number of rotatable bonds is 7. The van der Waals surface area contributed by atoms with Gasteiger partial charge in [0.1, 0.15) is 5.82 Å². The molecule has 1 atom stereocenters. The highest BCUT2D eigenvalue weighted by Gasteiger charge is 2.22. The van der Waals surface area contributed by atoms with Crippen molar-refractivity contribution in [3.05, 3.63) is 89.0 Å². The van der Waals surface area contributed by atoms with Crippen LogP contribution in [-0.4, -0.2) is 26.0 Å². The van der Waals surface area contributed by atoms with Gasteiger partial charge in [-0.25, -0.2) is 18.7 Å². The highest BCUT2D eigenvalue weighted by atomic mass is 19.1. The van der Waals surface area contributed by atoms with Gasteiger partial charge in [-0.2, -0.15) is 4.98 Å². The number of carbonyl (C=O) groups is 1. The fraction of sp³-hybridized carbons (Fsp3) is 0.208. The molecule has 2 heterocycles. The summed E-state index contributed by atoms with van der Waals surface area (Å²) in [6.45, 7) is 3.55. The van der Waals surface area contributed by atoms with Crippen LogP contribution in [0.3, 0.4) is 0 Å². The molecule has 0 saturated heterocycles. The van der Waals surface area contributed by atoms with Gasteiger partial charge >= 0.3 is 0 Å². The molecule has 0 fully saturated rings. The maximum atomic E-state index is 15.0. The topological polar surface area (TPSA) is 93.8 Å². The molecule has 33 heavy (non-hydrogen) atoms. The molecule has 9 heteroatoms. The van der Waals surface area contributed by atoms with Crippen LogP contribution in [0.25, 0.3) is 11.5 Å². The first-order valence-corrected chi connectivity index (χ1v) is 10.5. The van der Waals surface area contributed by atoms with Gasteiger partial charge in [-0.15, -0.1) is 0 Å². The molecule has 0 spiro atoms. The minimum atomic E-state index is -0.523. The molecule has 7 nitrogen and oxygen atoms in total. The molecule has 2 aromatic heterocycles. The van der Waals surface area contributed by atoms with Gasteiger partial charge < -0.3 is 4.52 Å². The lowest BCUT2D eigenvalue weighted by Crippen LogP contribution is -2.18. The molecule has 168 valence electrons. The average molecular weight is 449 g/mol. The fourth-order valence-corrected chi connectivity index (χ4v) is 3.31. The highest BCUT2D eigenvalue weighted by molar-refractivity contribution is 6.03. The van der Waals surface area contributed by atoms with E-state index in [1.54, 1.807) is 44.2 Å². The van der Waals surface area contributed by atoms with Crippen LogP contribution in [0.5, 0.6) is 0 Å². The van der Waals surface area contributed by atoms with E-state index >= 15 is 4.39 Å². The Labute approximate surface area is 188 Å². The second-order valence-corrected chi connectivity index (χ2v) is 7.49. The highest BCUT2D eigenvalue weighted by Crippen LogP contribution is 2.25. The Morgan fingerprint density at radius 2 is 1.76 bits per heavy atom. The van der Waals surface area contributed by atoms with Crippen molar-refractivity contribution in [2.24, 2.45) is 0 Å². The van der Waals surface area contributed by atoms with Gasteiger partial charge in [0.05, 0.1) is 11.4 Å². The van der Waals surface area contributed by atoms with E-state index in [-0.39, 0.29) is 41.4 Å². The zero-order valence-corrected chi connectivity index (χ0v) is 18.0. The van der Waals surface area contributed by atoms with Crippen LogP contribution >= 0.6 is 0 Å². The van der Waals surface area contributed by atoms with Gasteiger partial charge in [-0.3, -0.25) is 10.1 Å². The summed E-state index contributed by atoms with van der Waals surface area (Å²) in [5.74, 6) is -1.07. The van der Waals surface area contributed by atoms with Crippen LogP contribution < -0.4 is 5.32 Å². The number of amides is 1. The number of benzene rings is 2. The normalized spacial score (nSPS) is 11.9. The Bertz CT molecular complexity index is 1260. The third kappa shape index (κ3) is 5.08. The lowest BCUT2D eigenvalue weighted by atomic mass is 10.0. The summed E-state index contributed by atoms with van der Waals surface area (Å²) in [4.78, 5) is 25.2. The minimum absolute atomic E-state index is 0.0315. The number of nitrogens with zero attached hydrogens (tertiary/aromatic N) is 4. The largest absolute Gasteiger partial charge is 0.334 e. The third-order valence-corrected chi connectivity index (χ3v) is 5.06. The number of halogens is 2. The van der Waals surface area contributed by atoms with Crippen LogP contribution in [0.2, 0.25) is 0 Å². The van der Waals surface area contributed by atoms with Crippen molar-refractivity contribution in [2.45, 2.75) is 32.6 Å². The van der Waals surface area contributed by atoms with Crippen molar-refractivity contribution in [2.75, 3.05) is 5.32 Å². The third-order valence-electron chi connectivity index (χ3n) is 5.06. The molecule has 4 rings (SSSR count). The second-order valence-electron chi connectivity index (χ2n) is 7.49. The predicted octanol–water partition coefficient (Wildman–Crippen LogP) is 4.97. The summed E-state index contributed by atoms with van der Waals surface area (Å²) in [5.41, 5.74) is 1.38. The van der Waals surface area contributed by atoms with Gasteiger partial charge in [0, 0.05) is 23.5 Å². The molecule has 0 saturated carbocycles. The molecular weight excluding hydrogens is 428 g/mol. The number of hydrogen-bond acceptors (Lipinski definition) is 6. The number of anilines is 1. The van der Waals surface area contributed by atoms with Crippen LogP contribution in [-0.2, 0) is 12.8 Å². The number of aromatic nitrogens is 4. The first kappa shape index (κ1) is 22.2. The molecule has 1 amide bonds. The molecule has 0 radical (unpaired) electrons. The van der Waals surface area contributed by atoms with Crippen LogP contribution in [0.15, 0.2) is 59.1 Å². The first-order valence-electron chi connectivity index (χ1n) is 10.5. The lowest BCUT2D eigenvalue weighted by Gasteiger charge is -2.14. The van der Waals surface area contributed by atoms with Crippen LogP contribution in [0.1, 0.15) is 47.3 Å². The SMILES string of the molecule is CCc1nc(NC(=O)c2ccccc2)nc([C@@H](C)Cc2noc(-c3ccc(F)cc3)n2)c1F. The van der Waals surface area contributed by atoms with Gasteiger partial charge in [0.15, 0.2) is 11.6 Å². The molecular formula is C24H21F2N5O2. The van der Waals surface area contributed by atoms with Crippen LogP contribution in [0.4, 0.5) is 14.7 Å². The summed E-state index contributed by atoms with van der Waals surface area (Å²) >= 11 is 0. The van der Waals surface area contributed by atoms with Gasteiger partial charge in [-0.1, -0.05) is 37.2 Å². The van der Waals surface area contributed by atoms with E-state index in [9.17, 15) is 9.18 Å². The second kappa shape index (κ2) is 9.64. The zero-order chi connectivity index (χ0) is 23.4. The van der Waals surface area contributed by atoms with E-state index in [4.69, 9.17) is 4.52 Å². The fourth-order valence-electron chi connectivity index (χ4n) is 3.31. The summed E-state index contributed by atoms with van der Waals surface area (Å²) in [5, 5.41) is 6.59. The smallest absolute Gasteiger partial charge is 0.258 e. The van der Waals surface area contributed by atoms with Crippen LogP contribution in [0, 0.1) is 11.6 Å². The predicted molar refractivity (Wildman–Crippen MR) is 118 cm³/mol. The monoisotopic (exact) mass is 449 g/mol. The molecule has 0 aliphatic heterocycles.